The van der Waals surface area contributed by atoms with Gasteiger partial charge in [-0.25, -0.2) is 8.78 Å². The largest absolute Gasteiger partial charge is 0.374 e. The smallest absolute Gasteiger partial charge is 0.251 e. The third kappa shape index (κ3) is 2.87. The highest BCUT2D eigenvalue weighted by molar-refractivity contribution is 5.94. The topological polar surface area (TPSA) is 80.9 Å². The van der Waals surface area contributed by atoms with Gasteiger partial charge >= 0.3 is 0 Å². The first-order valence-electron chi connectivity index (χ1n) is 5.80. The maximum Gasteiger partial charge on any atom is 0.251 e. The Morgan fingerprint density at radius 2 is 2.05 bits per heavy atom. The molecule has 1 amide bonds. The maximum atomic E-state index is 13.7. The van der Waals surface area contributed by atoms with Gasteiger partial charge in [-0.2, -0.15) is 0 Å². The van der Waals surface area contributed by atoms with Crippen LogP contribution in [0, 0.1) is 11.6 Å². The number of rotatable bonds is 4. The average Bonchev–Trinajstić information content (AvgIpc) is 2.42. The molecule has 2 aromatic rings. The lowest BCUT2D eigenvalue weighted by atomic mass is 10.1. The summed E-state index contributed by atoms with van der Waals surface area (Å²) in [4.78, 5) is 19.0. The lowest BCUT2D eigenvalue weighted by molar-refractivity contribution is 0.0996. The number of carbonyl (C=O) groups excluding carboxylic acids is 1. The Balaban J connectivity index is 2.29. The molecule has 0 fully saturated rings. The van der Waals surface area contributed by atoms with Gasteiger partial charge in [0.15, 0.2) is 0 Å². The van der Waals surface area contributed by atoms with Crippen molar-refractivity contribution in [3.63, 3.8) is 0 Å². The second kappa shape index (κ2) is 5.60. The number of anilines is 1. The number of benzene rings is 1. The van der Waals surface area contributed by atoms with E-state index in [1.807, 2.05) is 0 Å². The molecule has 0 saturated carbocycles. The zero-order valence-electron chi connectivity index (χ0n) is 10.6. The molecule has 0 bridgehead atoms. The number of nitrogens with zero attached hydrogens (tertiary/aromatic N) is 2. The van der Waals surface area contributed by atoms with Crippen LogP contribution in [0.5, 0.6) is 0 Å². The van der Waals surface area contributed by atoms with Crippen LogP contribution in [0.1, 0.15) is 29.0 Å². The number of hydrogen-bond donors (Lipinski definition) is 2. The van der Waals surface area contributed by atoms with E-state index in [9.17, 15) is 13.6 Å². The van der Waals surface area contributed by atoms with Crippen LogP contribution >= 0.6 is 0 Å². The fraction of sp³-hybridized carbons (Fsp3) is 0.154. The molecule has 3 N–H and O–H groups in total. The molecule has 0 spiro atoms. The number of aromatic nitrogens is 2. The maximum absolute atomic E-state index is 13.7. The highest BCUT2D eigenvalue weighted by Crippen LogP contribution is 2.23. The van der Waals surface area contributed by atoms with Gasteiger partial charge in [-0.3, -0.25) is 14.8 Å². The van der Waals surface area contributed by atoms with E-state index in [0.717, 1.165) is 6.07 Å². The average molecular weight is 278 g/mol. The summed E-state index contributed by atoms with van der Waals surface area (Å²) in [6, 6.07) is 1.29. The molecule has 1 aromatic carbocycles. The summed E-state index contributed by atoms with van der Waals surface area (Å²) in [5.74, 6) is -2.77. The summed E-state index contributed by atoms with van der Waals surface area (Å²) in [6.07, 6.45) is 4.54. The third-order valence-electron chi connectivity index (χ3n) is 2.72. The minimum Gasteiger partial charge on any atom is -0.374 e. The summed E-state index contributed by atoms with van der Waals surface area (Å²) in [7, 11) is 0. The fourth-order valence-corrected chi connectivity index (χ4v) is 1.69. The predicted octanol–water partition coefficient (Wildman–Crippen LogP) is 2.03. The Kier molecular flexibility index (Phi) is 3.88. The number of hydrogen-bond acceptors (Lipinski definition) is 4. The van der Waals surface area contributed by atoms with Crippen molar-refractivity contribution < 1.29 is 13.6 Å². The second-order valence-corrected chi connectivity index (χ2v) is 4.17. The number of amides is 1. The van der Waals surface area contributed by atoms with Crippen LogP contribution in [0.3, 0.4) is 0 Å². The van der Waals surface area contributed by atoms with Gasteiger partial charge in [0.25, 0.3) is 5.91 Å². The Labute approximate surface area is 113 Å². The SMILES string of the molecule is CC(Nc1cc(C(N)=O)c(F)cc1F)c1cnccn1. The number of halogens is 2. The van der Waals surface area contributed by atoms with Gasteiger partial charge in [-0.15, -0.1) is 0 Å². The molecule has 7 heteroatoms. The number of nitrogens with two attached hydrogens (primary N) is 1. The minimum absolute atomic E-state index is 0.0293. The summed E-state index contributed by atoms with van der Waals surface area (Å²) >= 11 is 0. The van der Waals surface area contributed by atoms with E-state index in [4.69, 9.17) is 5.73 Å². The predicted molar refractivity (Wildman–Crippen MR) is 68.9 cm³/mol. The van der Waals surface area contributed by atoms with Gasteiger partial charge in [0, 0.05) is 18.5 Å². The van der Waals surface area contributed by atoms with Crippen molar-refractivity contribution in [3.8, 4) is 0 Å². The van der Waals surface area contributed by atoms with Crippen LogP contribution in [-0.2, 0) is 0 Å². The van der Waals surface area contributed by atoms with Gasteiger partial charge in [0.1, 0.15) is 11.6 Å². The molecule has 1 atom stereocenters. The van der Waals surface area contributed by atoms with Crippen LogP contribution in [-0.4, -0.2) is 15.9 Å². The van der Waals surface area contributed by atoms with Crippen molar-refractivity contribution in [2.24, 2.45) is 5.73 Å². The molecule has 0 aliphatic carbocycles. The first kappa shape index (κ1) is 13.9. The molecular formula is C13H12F2N4O. The lowest BCUT2D eigenvalue weighted by Gasteiger charge is -2.15. The van der Waals surface area contributed by atoms with Crippen molar-refractivity contribution in [1.29, 1.82) is 0 Å². The van der Waals surface area contributed by atoms with Crippen molar-refractivity contribution >= 4 is 11.6 Å². The quantitative estimate of drug-likeness (QED) is 0.896. The van der Waals surface area contributed by atoms with E-state index in [0.29, 0.717) is 11.8 Å². The van der Waals surface area contributed by atoms with Gasteiger partial charge in [0.2, 0.25) is 0 Å². The van der Waals surface area contributed by atoms with E-state index in [-0.39, 0.29) is 17.3 Å². The summed E-state index contributed by atoms with van der Waals surface area (Å²) in [5.41, 5.74) is 5.20. The van der Waals surface area contributed by atoms with Crippen molar-refractivity contribution in [2.75, 3.05) is 5.32 Å². The molecule has 1 heterocycles. The standard InChI is InChI=1S/C13H12F2N4O/c1-7(12-6-17-2-3-18-12)19-11-4-8(13(16)20)9(14)5-10(11)15/h2-7,19H,1H3,(H2,16,20). The third-order valence-corrected chi connectivity index (χ3v) is 2.72. The second-order valence-electron chi connectivity index (χ2n) is 4.17. The van der Waals surface area contributed by atoms with Crippen molar-refractivity contribution in [1.82, 2.24) is 9.97 Å². The number of nitrogens with one attached hydrogen (secondary N) is 1. The molecule has 0 saturated heterocycles. The van der Waals surface area contributed by atoms with Crippen LogP contribution in [0.4, 0.5) is 14.5 Å². The fourth-order valence-electron chi connectivity index (χ4n) is 1.69. The molecule has 5 nitrogen and oxygen atoms in total. The zero-order chi connectivity index (χ0) is 14.7. The van der Waals surface area contributed by atoms with Crippen LogP contribution in [0.2, 0.25) is 0 Å². The zero-order valence-corrected chi connectivity index (χ0v) is 10.6. The molecule has 1 aromatic heterocycles. The van der Waals surface area contributed by atoms with Crippen LogP contribution in [0.15, 0.2) is 30.7 Å². The summed E-state index contributed by atoms with van der Waals surface area (Å²) in [6.45, 7) is 1.73. The number of primary amides is 1. The minimum atomic E-state index is -0.993. The molecule has 2 rings (SSSR count). The number of carbonyl (C=O) groups is 1. The Bertz CT molecular complexity index is 634. The molecular weight excluding hydrogens is 266 g/mol. The molecule has 20 heavy (non-hydrogen) atoms. The highest BCUT2D eigenvalue weighted by Gasteiger charge is 2.16. The normalized spacial score (nSPS) is 11.9. The highest BCUT2D eigenvalue weighted by atomic mass is 19.1. The van der Waals surface area contributed by atoms with Gasteiger partial charge in [0.05, 0.1) is 29.2 Å². The molecule has 0 aliphatic rings. The molecule has 0 radical (unpaired) electrons. The molecule has 0 aliphatic heterocycles. The van der Waals surface area contributed by atoms with Crippen LogP contribution in [0.25, 0.3) is 0 Å². The van der Waals surface area contributed by atoms with Gasteiger partial charge < -0.3 is 11.1 Å². The summed E-state index contributed by atoms with van der Waals surface area (Å²) < 4.78 is 27.0. The van der Waals surface area contributed by atoms with E-state index < -0.39 is 17.5 Å². The van der Waals surface area contributed by atoms with E-state index in [1.54, 1.807) is 6.92 Å². The van der Waals surface area contributed by atoms with Gasteiger partial charge in [-0.05, 0) is 13.0 Å². The first-order valence-corrected chi connectivity index (χ1v) is 5.80. The Morgan fingerprint density at radius 3 is 2.65 bits per heavy atom. The first-order chi connectivity index (χ1) is 9.49. The van der Waals surface area contributed by atoms with Crippen molar-refractivity contribution in [3.05, 3.63) is 53.6 Å². The van der Waals surface area contributed by atoms with E-state index in [1.165, 1.54) is 18.6 Å². The van der Waals surface area contributed by atoms with Gasteiger partial charge in [-0.1, -0.05) is 0 Å². The monoisotopic (exact) mass is 278 g/mol. The van der Waals surface area contributed by atoms with Crippen LogP contribution < -0.4 is 11.1 Å². The van der Waals surface area contributed by atoms with Crippen molar-refractivity contribution in [2.45, 2.75) is 13.0 Å². The molecule has 1 unspecified atom stereocenters. The Hall–Kier alpha value is -2.57. The summed E-state index contributed by atoms with van der Waals surface area (Å²) in [5, 5.41) is 2.80. The lowest BCUT2D eigenvalue weighted by Crippen LogP contribution is -2.16. The Morgan fingerprint density at radius 1 is 1.30 bits per heavy atom. The van der Waals surface area contributed by atoms with E-state index >= 15 is 0 Å². The van der Waals surface area contributed by atoms with E-state index in [2.05, 4.69) is 15.3 Å². The molecule has 104 valence electrons.